The van der Waals surface area contributed by atoms with Crippen LogP contribution in [0, 0.1) is 10.1 Å². The Bertz CT molecular complexity index is 442. The first-order chi connectivity index (χ1) is 10.8. The summed E-state index contributed by atoms with van der Waals surface area (Å²) >= 11 is 0. The molecule has 0 saturated heterocycles. The molecule has 0 aliphatic carbocycles. The lowest BCUT2D eigenvalue weighted by molar-refractivity contribution is -0.525. The molecule has 0 aliphatic rings. The average molecular weight is 333 g/mol. The molecule has 0 aliphatic heterocycles. The number of nitrogens with two attached hydrogens (primary N) is 3. The molecule has 0 rings (SSSR count). The van der Waals surface area contributed by atoms with Gasteiger partial charge in [0.2, 0.25) is 5.91 Å². The number of nitrogens with zero attached hydrogens (tertiary/aromatic N) is 2. The Morgan fingerprint density at radius 1 is 1.39 bits per heavy atom. The molecule has 2 atom stereocenters. The van der Waals surface area contributed by atoms with Gasteiger partial charge in [-0.2, -0.15) is 0 Å². The van der Waals surface area contributed by atoms with Crippen LogP contribution in [0.15, 0.2) is 4.99 Å². The summed E-state index contributed by atoms with van der Waals surface area (Å²) in [4.78, 5) is 37.1. The molecule has 0 heterocycles. The van der Waals surface area contributed by atoms with Gasteiger partial charge in [-0.1, -0.05) is 5.43 Å². The maximum absolute atomic E-state index is 11.9. The number of carbonyl (C=O) groups excluding carboxylic acids is 2. The fraction of sp³-hybridized carbons (Fsp3) is 0.727. The Morgan fingerprint density at radius 2 is 2.04 bits per heavy atom. The van der Waals surface area contributed by atoms with Gasteiger partial charge in [-0.15, -0.1) is 0 Å². The van der Waals surface area contributed by atoms with Gasteiger partial charge in [0, 0.05) is 6.54 Å². The van der Waals surface area contributed by atoms with E-state index in [9.17, 15) is 19.7 Å². The highest BCUT2D eigenvalue weighted by molar-refractivity contribution is 5.87. The Morgan fingerprint density at radius 3 is 2.57 bits per heavy atom. The highest BCUT2D eigenvalue weighted by Crippen LogP contribution is 1.99. The Kier molecular flexibility index (Phi) is 9.95. The van der Waals surface area contributed by atoms with Crippen LogP contribution < -0.4 is 27.9 Å². The van der Waals surface area contributed by atoms with Crippen molar-refractivity contribution in [1.82, 2.24) is 10.7 Å². The number of nitrogens with one attached hydrogen (secondary N) is 2. The molecule has 23 heavy (non-hydrogen) atoms. The number of nitro groups is 1. The zero-order valence-corrected chi connectivity index (χ0v) is 12.9. The van der Waals surface area contributed by atoms with Crippen molar-refractivity contribution in [2.75, 3.05) is 20.2 Å². The number of methoxy groups -OCH3 is 1. The zero-order chi connectivity index (χ0) is 17.8. The van der Waals surface area contributed by atoms with Crippen LogP contribution in [0.1, 0.15) is 19.3 Å². The van der Waals surface area contributed by atoms with Gasteiger partial charge in [-0.25, -0.2) is 19.9 Å². The zero-order valence-electron chi connectivity index (χ0n) is 12.9. The number of amides is 1. The van der Waals surface area contributed by atoms with Gasteiger partial charge in [-0.3, -0.25) is 4.79 Å². The van der Waals surface area contributed by atoms with E-state index in [-0.39, 0.29) is 31.9 Å². The van der Waals surface area contributed by atoms with Gasteiger partial charge in [0.25, 0.3) is 5.96 Å². The van der Waals surface area contributed by atoms with E-state index in [1.54, 1.807) is 5.43 Å². The van der Waals surface area contributed by atoms with E-state index in [2.05, 4.69) is 15.0 Å². The number of carbonyl (C=O) groups is 2. The fourth-order valence-corrected chi connectivity index (χ4v) is 1.61. The highest BCUT2D eigenvalue weighted by Gasteiger charge is 2.23. The number of rotatable bonds is 10. The molecule has 0 radical (unpaired) electrons. The molecule has 0 aromatic carbocycles. The first-order valence-corrected chi connectivity index (χ1v) is 6.86. The minimum Gasteiger partial charge on any atom is -0.467 e. The van der Waals surface area contributed by atoms with Gasteiger partial charge >= 0.3 is 5.97 Å². The van der Waals surface area contributed by atoms with Crippen molar-refractivity contribution in [2.24, 2.45) is 22.2 Å². The molecule has 1 amide bonds. The first-order valence-electron chi connectivity index (χ1n) is 6.86. The lowest BCUT2D eigenvalue weighted by Gasteiger charge is -2.18. The lowest BCUT2D eigenvalue weighted by atomic mass is 10.1. The van der Waals surface area contributed by atoms with Crippen molar-refractivity contribution in [3.8, 4) is 0 Å². The van der Waals surface area contributed by atoms with Crippen LogP contribution in [0.4, 0.5) is 0 Å². The third kappa shape index (κ3) is 9.21. The first kappa shape index (κ1) is 20.5. The minimum absolute atomic E-state index is 0.164. The van der Waals surface area contributed by atoms with E-state index in [0.29, 0.717) is 6.42 Å². The molecule has 0 bridgehead atoms. The number of ether oxygens (including phenoxy) is 1. The Labute approximate surface area is 132 Å². The quantitative estimate of drug-likeness (QED) is 0.0698. The standard InChI is InChI=1S/C11H23N7O5/c1-23-10(20)8(4-5-12)16-9(19)7(13)3-2-6-15-11(14)17-18(21)22/h7-8H,2-6,12-13H2,1H3,(H,16,19)(H3,14,15,17)/t7-,8-/m0/s1. The second-order valence-electron chi connectivity index (χ2n) is 4.55. The van der Waals surface area contributed by atoms with Crippen LogP contribution in [-0.4, -0.2) is 55.2 Å². The number of hydrazine groups is 1. The van der Waals surface area contributed by atoms with Crippen LogP contribution in [0.5, 0.6) is 0 Å². The summed E-state index contributed by atoms with van der Waals surface area (Å²) in [6.45, 7) is 0.365. The molecule has 0 aromatic rings. The third-order valence-corrected chi connectivity index (χ3v) is 2.76. The van der Waals surface area contributed by atoms with Gasteiger partial charge < -0.3 is 27.3 Å². The van der Waals surface area contributed by atoms with Crippen molar-refractivity contribution in [1.29, 1.82) is 0 Å². The van der Waals surface area contributed by atoms with Gasteiger partial charge in [0.15, 0.2) is 5.03 Å². The van der Waals surface area contributed by atoms with E-state index < -0.39 is 29.0 Å². The summed E-state index contributed by atoms with van der Waals surface area (Å²) in [7, 11) is 1.21. The predicted molar refractivity (Wildman–Crippen MR) is 81.4 cm³/mol. The number of aliphatic imine (C=N–C) groups is 1. The lowest BCUT2D eigenvalue weighted by Crippen LogP contribution is -2.49. The third-order valence-electron chi connectivity index (χ3n) is 2.76. The molecule has 0 aromatic heterocycles. The van der Waals surface area contributed by atoms with Crippen LogP contribution in [0.2, 0.25) is 0 Å². The maximum atomic E-state index is 11.9. The number of hydrogen-bond donors (Lipinski definition) is 5. The largest absolute Gasteiger partial charge is 0.467 e. The van der Waals surface area contributed by atoms with Crippen LogP contribution in [-0.2, 0) is 14.3 Å². The van der Waals surface area contributed by atoms with E-state index in [1.807, 2.05) is 0 Å². The smallest absolute Gasteiger partial charge is 0.328 e. The normalized spacial score (nSPS) is 13.8. The van der Waals surface area contributed by atoms with Crippen molar-refractivity contribution in [3.63, 3.8) is 0 Å². The van der Waals surface area contributed by atoms with Gasteiger partial charge in [0.1, 0.15) is 6.04 Å². The van der Waals surface area contributed by atoms with E-state index in [0.717, 1.165) is 0 Å². The number of guanidine groups is 1. The van der Waals surface area contributed by atoms with Crippen molar-refractivity contribution in [3.05, 3.63) is 10.1 Å². The summed E-state index contributed by atoms with van der Waals surface area (Å²) in [5.41, 5.74) is 18.0. The molecule has 0 fully saturated rings. The second kappa shape index (κ2) is 11.1. The van der Waals surface area contributed by atoms with Crippen molar-refractivity contribution in [2.45, 2.75) is 31.3 Å². The van der Waals surface area contributed by atoms with E-state index >= 15 is 0 Å². The topological polar surface area (TPSA) is 201 Å². The minimum atomic E-state index is -0.861. The fourth-order valence-electron chi connectivity index (χ4n) is 1.61. The van der Waals surface area contributed by atoms with Crippen LogP contribution in [0.25, 0.3) is 0 Å². The molecule has 0 saturated carbocycles. The summed E-state index contributed by atoms with van der Waals surface area (Å²) in [6, 6.07) is -1.71. The Hall–Kier alpha value is -2.47. The number of hydrogen-bond acceptors (Lipinski definition) is 8. The molecule has 8 N–H and O–H groups in total. The molecule has 0 spiro atoms. The SMILES string of the molecule is COC(=O)[C@H](CCN)NC(=O)[C@@H](N)CCCN=C(N)N[N+](=O)[O-]. The van der Waals surface area contributed by atoms with Crippen LogP contribution in [0.3, 0.4) is 0 Å². The molecular formula is C11H23N7O5. The summed E-state index contributed by atoms with van der Waals surface area (Å²) in [5, 5.41) is 11.7. The predicted octanol–water partition coefficient (Wildman–Crippen LogP) is -2.80. The molecular weight excluding hydrogens is 310 g/mol. The van der Waals surface area contributed by atoms with Crippen LogP contribution >= 0.6 is 0 Å². The average Bonchev–Trinajstić information content (AvgIpc) is 2.49. The number of esters is 1. The molecule has 12 nitrogen and oxygen atoms in total. The van der Waals surface area contributed by atoms with Gasteiger partial charge in [0.05, 0.1) is 13.2 Å². The second-order valence-corrected chi connectivity index (χ2v) is 4.55. The van der Waals surface area contributed by atoms with Crippen molar-refractivity contribution >= 4 is 17.8 Å². The molecule has 132 valence electrons. The van der Waals surface area contributed by atoms with Crippen molar-refractivity contribution < 1.29 is 19.4 Å². The van der Waals surface area contributed by atoms with Gasteiger partial charge in [-0.05, 0) is 25.8 Å². The van der Waals surface area contributed by atoms with E-state index in [4.69, 9.17) is 17.2 Å². The molecule has 0 unspecified atom stereocenters. The highest BCUT2D eigenvalue weighted by atomic mass is 16.7. The monoisotopic (exact) mass is 333 g/mol. The summed E-state index contributed by atoms with van der Waals surface area (Å²) < 4.78 is 4.56. The Balaban J connectivity index is 4.24. The maximum Gasteiger partial charge on any atom is 0.328 e. The van der Waals surface area contributed by atoms with E-state index in [1.165, 1.54) is 7.11 Å². The summed E-state index contributed by atoms with van der Waals surface area (Å²) in [6.07, 6.45) is 0.880. The summed E-state index contributed by atoms with van der Waals surface area (Å²) in [5.74, 6) is -1.45. The molecule has 12 heteroatoms.